The maximum Gasteiger partial charge on any atom is 0.407 e. The van der Waals surface area contributed by atoms with Gasteiger partial charge in [0, 0.05) is 12.3 Å². The molecule has 0 heterocycles. The van der Waals surface area contributed by atoms with Crippen LogP contribution in [0, 0.1) is 0 Å². The molecule has 1 atom stereocenters. The largest absolute Gasteiger partial charge is 0.480 e. The van der Waals surface area contributed by atoms with E-state index in [-0.39, 0.29) is 24.9 Å². The van der Waals surface area contributed by atoms with Gasteiger partial charge in [-0.1, -0.05) is 61.9 Å². The molecule has 0 unspecified atom stereocenters. The van der Waals surface area contributed by atoms with Crippen LogP contribution in [0.3, 0.4) is 0 Å². The van der Waals surface area contributed by atoms with Crippen molar-refractivity contribution in [3.05, 3.63) is 59.7 Å². The van der Waals surface area contributed by atoms with Crippen LogP contribution in [0.2, 0.25) is 0 Å². The summed E-state index contributed by atoms with van der Waals surface area (Å²) in [4.78, 5) is 36.5. The van der Waals surface area contributed by atoms with Gasteiger partial charge in [0.25, 0.3) is 0 Å². The van der Waals surface area contributed by atoms with Gasteiger partial charge >= 0.3 is 12.1 Å². The number of carbonyl (C=O) groups is 3. The quantitative estimate of drug-likeness (QED) is 0.531. The fourth-order valence-corrected chi connectivity index (χ4v) is 4.90. The topological polar surface area (TPSA) is 105 Å². The highest BCUT2D eigenvalue weighted by Crippen LogP contribution is 2.44. The van der Waals surface area contributed by atoms with Crippen LogP contribution >= 0.6 is 0 Å². The normalized spacial score (nSPS) is 16.6. The van der Waals surface area contributed by atoms with E-state index >= 15 is 0 Å². The Morgan fingerprint density at radius 1 is 1.06 bits per heavy atom. The molecule has 0 saturated heterocycles. The van der Waals surface area contributed by atoms with Gasteiger partial charge in [0.2, 0.25) is 5.91 Å². The minimum Gasteiger partial charge on any atom is -0.480 e. The number of rotatable bonds is 9. The predicted octanol–water partition coefficient (Wildman–Crippen LogP) is 4.21. The van der Waals surface area contributed by atoms with Crippen LogP contribution in [0.5, 0.6) is 0 Å². The number of ether oxygens (including phenoxy) is 1. The molecule has 3 N–H and O–H groups in total. The van der Waals surface area contributed by atoms with E-state index in [0.717, 1.165) is 28.7 Å². The summed E-state index contributed by atoms with van der Waals surface area (Å²) in [6.45, 7) is 2.08. The number of amides is 2. The fraction of sp³-hybridized carbons (Fsp3) is 0.423. The number of carboxylic acid groups (broad SMARTS) is 1. The zero-order chi connectivity index (χ0) is 23.4. The second-order valence-corrected chi connectivity index (χ2v) is 9.01. The molecule has 2 aromatic rings. The van der Waals surface area contributed by atoms with E-state index in [1.54, 1.807) is 0 Å². The first-order valence-electron chi connectivity index (χ1n) is 11.6. The molecule has 1 fully saturated rings. The SMILES string of the molecule is CCC[C@H](NC(=O)CC1(NC(=O)OCC2c3ccccc3-c3ccccc32)CCC1)C(=O)O. The molecule has 2 amide bonds. The van der Waals surface area contributed by atoms with Crippen molar-refractivity contribution in [2.45, 2.75) is 62.9 Å². The van der Waals surface area contributed by atoms with E-state index in [9.17, 15) is 19.5 Å². The summed E-state index contributed by atoms with van der Waals surface area (Å²) in [6, 6.07) is 15.4. The highest BCUT2D eigenvalue weighted by Gasteiger charge is 2.41. The summed E-state index contributed by atoms with van der Waals surface area (Å²) >= 11 is 0. The number of hydrogen-bond acceptors (Lipinski definition) is 4. The first-order valence-corrected chi connectivity index (χ1v) is 11.6. The molecule has 2 aromatic carbocycles. The Labute approximate surface area is 193 Å². The minimum atomic E-state index is -1.04. The Morgan fingerprint density at radius 2 is 1.67 bits per heavy atom. The smallest absolute Gasteiger partial charge is 0.407 e. The van der Waals surface area contributed by atoms with Gasteiger partial charge in [-0.15, -0.1) is 0 Å². The zero-order valence-corrected chi connectivity index (χ0v) is 18.8. The summed E-state index contributed by atoms with van der Waals surface area (Å²) in [6.07, 6.45) is 2.74. The second-order valence-electron chi connectivity index (χ2n) is 9.01. The number of hydrogen-bond donors (Lipinski definition) is 3. The summed E-state index contributed by atoms with van der Waals surface area (Å²) < 4.78 is 5.63. The second kappa shape index (κ2) is 9.65. The zero-order valence-electron chi connectivity index (χ0n) is 18.8. The highest BCUT2D eigenvalue weighted by atomic mass is 16.5. The Hall–Kier alpha value is -3.35. The third-order valence-electron chi connectivity index (χ3n) is 6.73. The molecule has 7 heteroatoms. The number of alkyl carbamates (subject to hydrolysis) is 1. The van der Waals surface area contributed by atoms with Crippen LogP contribution in [-0.2, 0) is 14.3 Å². The van der Waals surface area contributed by atoms with Gasteiger partial charge in [-0.2, -0.15) is 0 Å². The Bertz CT molecular complexity index is 1000. The molecule has 2 aliphatic rings. The lowest BCUT2D eigenvalue weighted by molar-refractivity contribution is -0.142. The molecular formula is C26H30N2O5. The van der Waals surface area contributed by atoms with Crippen molar-refractivity contribution >= 4 is 18.0 Å². The van der Waals surface area contributed by atoms with Crippen molar-refractivity contribution < 1.29 is 24.2 Å². The molecule has 7 nitrogen and oxygen atoms in total. The van der Waals surface area contributed by atoms with Gasteiger partial charge in [-0.25, -0.2) is 9.59 Å². The average molecular weight is 451 g/mol. The van der Waals surface area contributed by atoms with E-state index in [1.807, 2.05) is 31.2 Å². The fourth-order valence-electron chi connectivity index (χ4n) is 4.90. The molecule has 2 aliphatic carbocycles. The van der Waals surface area contributed by atoms with Gasteiger partial charge < -0.3 is 20.5 Å². The number of carbonyl (C=O) groups excluding carboxylic acids is 2. The molecular weight excluding hydrogens is 420 g/mol. The van der Waals surface area contributed by atoms with Crippen LogP contribution in [-0.4, -0.2) is 41.3 Å². The van der Waals surface area contributed by atoms with Gasteiger partial charge in [0.05, 0.1) is 5.54 Å². The first kappa shape index (κ1) is 22.8. The lowest BCUT2D eigenvalue weighted by Crippen LogP contribution is -2.57. The summed E-state index contributed by atoms with van der Waals surface area (Å²) in [5, 5.41) is 14.8. The molecule has 33 heavy (non-hydrogen) atoms. The first-order chi connectivity index (χ1) is 15.9. The van der Waals surface area contributed by atoms with Gasteiger partial charge in [-0.05, 0) is 47.9 Å². The molecule has 1 saturated carbocycles. The summed E-state index contributed by atoms with van der Waals surface area (Å²) in [5.41, 5.74) is 3.92. The molecule has 0 spiro atoms. The van der Waals surface area contributed by atoms with Crippen molar-refractivity contribution in [2.75, 3.05) is 6.61 Å². The molecule has 4 rings (SSSR count). The molecule has 174 valence electrons. The predicted molar refractivity (Wildman–Crippen MR) is 124 cm³/mol. The van der Waals surface area contributed by atoms with Crippen molar-refractivity contribution in [1.29, 1.82) is 0 Å². The Balaban J connectivity index is 1.36. The minimum absolute atomic E-state index is 0.0332. The average Bonchev–Trinajstić information content (AvgIpc) is 3.09. The van der Waals surface area contributed by atoms with Crippen molar-refractivity contribution in [1.82, 2.24) is 10.6 Å². The summed E-state index contributed by atoms with van der Waals surface area (Å²) in [5.74, 6) is -1.44. The highest BCUT2D eigenvalue weighted by molar-refractivity contribution is 5.85. The monoisotopic (exact) mass is 450 g/mol. The van der Waals surface area contributed by atoms with Crippen LogP contribution in [0.15, 0.2) is 48.5 Å². The van der Waals surface area contributed by atoms with Gasteiger partial charge in [0.1, 0.15) is 12.6 Å². The van der Waals surface area contributed by atoms with E-state index in [2.05, 4.69) is 34.9 Å². The number of fused-ring (bicyclic) bond motifs is 3. The molecule has 0 bridgehead atoms. The van der Waals surface area contributed by atoms with Gasteiger partial charge in [-0.3, -0.25) is 4.79 Å². The van der Waals surface area contributed by atoms with Crippen LogP contribution in [0.1, 0.15) is 62.5 Å². The van der Waals surface area contributed by atoms with E-state index in [1.165, 1.54) is 0 Å². The third kappa shape index (κ3) is 4.87. The molecule has 0 radical (unpaired) electrons. The van der Waals surface area contributed by atoms with E-state index in [0.29, 0.717) is 25.7 Å². The summed E-state index contributed by atoms with van der Waals surface area (Å²) in [7, 11) is 0. The van der Waals surface area contributed by atoms with Crippen molar-refractivity contribution in [2.24, 2.45) is 0 Å². The lowest BCUT2D eigenvalue weighted by atomic mass is 9.74. The number of nitrogens with one attached hydrogen (secondary N) is 2. The van der Waals surface area contributed by atoms with Crippen LogP contribution < -0.4 is 10.6 Å². The maximum atomic E-state index is 12.7. The third-order valence-corrected chi connectivity index (χ3v) is 6.73. The van der Waals surface area contributed by atoms with Crippen molar-refractivity contribution in [3.8, 4) is 11.1 Å². The molecule has 0 aromatic heterocycles. The number of aliphatic carboxylic acids is 1. The lowest BCUT2D eigenvalue weighted by Gasteiger charge is -2.41. The Morgan fingerprint density at radius 3 is 2.18 bits per heavy atom. The Kier molecular flexibility index (Phi) is 6.67. The molecule has 0 aliphatic heterocycles. The maximum absolute atomic E-state index is 12.7. The van der Waals surface area contributed by atoms with Crippen LogP contribution in [0.25, 0.3) is 11.1 Å². The number of carboxylic acids is 1. The number of benzene rings is 2. The standard InChI is InChI=1S/C26H30N2O5/c1-2-8-22(24(30)31)27-23(29)15-26(13-7-14-26)28-25(32)33-16-21-19-11-5-3-9-17(19)18-10-4-6-12-20(18)21/h3-6,9-12,21-22H,2,7-8,13-16H2,1H3,(H,27,29)(H,28,32)(H,30,31)/t22-/m0/s1. The van der Waals surface area contributed by atoms with Crippen LogP contribution in [0.4, 0.5) is 4.79 Å². The van der Waals surface area contributed by atoms with Gasteiger partial charge in [0.15, 0.2) is 0 Å². The van der Waals surface area contributed by atoms with E-state index < -0.39 is 23.6 Å². The van der Waals surface area contributed by atoms with Crippen molar-refractivity contribution in [3.63, 3.8) is 0 Å². The van der Waals surface area contributed by atoms with E-state index in [4.69, 9.17) is 4.74 Å².